The molecule has 6 nitrogen and oxygen atoms in total. The molecule has 1 N–H and O–H groups in total. The molecule has 0 aliphatic heterocycles. The average molecular weight is 352 g/mol. The second-order valence-corrected chi connectivity index (χ2v) is 7.92. The van der Waals surface area contributed by atoms with Crippen LogP contribution in [-0.4, -0.2) is 35.7 Å². The number of carbonyl (C=O) groups excluding carboxylic acids is 3. The maximum atomic E-state index is 12.8. The second kappa shape index (κ2) is 7.26. The lowest BCUT2D eigenvalue weighted by molar-refractivity contribution is -0.165. The van der Waals surface area contributed by atoms with Crippen molar-refractivity contribution in [2.75, 3.05) is 7.11 Å². The summed E-state index contributed by atoms with van der Waals surface area (Å²) in [6.07, 6.45) is 3.01. The predicted octanol–water partition coefficient (Wildman–Crippen LogP) is 2.78. The Labute approximate surface area is 148 Å². The molecule has 2 aliphatic carbocycles. The van der Waals surface area contributed by atoms with E-state index in [9.17, 15) is 19.2 Å². The zero-order valence-electron chi connectivity index (χ0n) is 15.3. The van der Waals surface area contributed by atoms with Crippen molar-refractivity contribution in [1.29, 1.82) is 0 Å². The van der Waals surface area contributed by atoms with Gasteiger partial charge in [-0.15, -0.1) is 0 Å². The lowest BCUT2D eigenvalue weighted by Gasteiger charge is -2.57. The molecule has 140 valence electrons. The van der Waals surface area contributed by atoms with E-state index < -0.39 is 28.7 Å². The smallest absolute Gasteiger partial charge is 0.306 e. The molecule has 4 atom stereocenters. The number of rotatable bonds is 6. The Balaban J connectivity index is 2.30. The fraction of sp³-hybridized carbons (Fsp3) is 0.789. The first-order valence-electron chi connectivity index (χ1n) is 9.00. The van der Waals surface area contributed by atoms with Gasteiger partial charge in [-0.05, 0) is 37.0 Å². The molecule has 0 heterocycles. The molecule has 0 aromatic carbocycles. The first-order valence-corrected chi connectivity index (χ1v) is 9.00. The summed E-state index contributed by atoms with van der Waals surface area (Å²) in [5, 5.41) is 8.91. The third kappa shape index (κ3) is 3.48. The van der Waals surface area contributed by atoms with Crippen molar-refractivity contribution in [2.24, 2.45) is 22.7 Å². The topological polar surface area (TPSA) is 97.7 Å². The van der Waals surface area contributed by atoms with Gasteiger partial charge in [0.2, 0.25) is 0 Å². The monoisotopic (exact) mass is 352 g/mol. The summed E-state index contributed by atoms with van der Waals surface area (Å²) in [6, 6.07) is 0. The molecule has 2 aliphatic rings. The van der Waals surface area contributed by atoms with Crippen LogP contribution in [0.4, 0.5) is 0 Å². The van der Waals surface area contributed by atoms with E-state index in [1.54, 1.807) is 0 Å². The number of carbonyl (C=O) groups is 4. The van der Waals surface area contributed by atoms with Gasteiger partial charge >= 0.3 is 11.9 Å². The molecule has 2 fully saturated rings. The Bertz CT molecular complexity index is 582. The number of hydrogen-bond donors (Lipinski definition) is 1. The fourth-order valence-corrected chi connectivity index (χ4v) is 5.05. The minimum Gasteiger partial charge on any atom is -0.481 e. The van der Waals surface area contributed by atoms with Crippen molar-refractivity contribution < 1.29 is 29.0 Å². The van der Waals surface area contributed by atoms with E-state index in [0.29, 0.717) is 38.5 Å². The molecule has 0 aromatic heterocycles. The Morgan fingerprint density at radius 2 is 1.92 bits per heavy atom. The van der Waals surface area contributed by atoms with Crippen molar-refractivity contribution in [1.82, 2.24) is 0 Å². The van der Waals surface area contributed by atoms with Crippen LogP contribution in [0, 0.1) is 22.7 Å². The summed E-state index contributed by atoms with van der Waals surface area (Å²) in [5.41, 5.74) is -1.05. The molecule has 6 heteroatoms. The third-order valence-corrected chi connectivity index (χ3v) is 6.85. The van der Waals surface area contributed by atoms with Crippen LogP contribution in [0.25, 0.3) is 0 Å². The number of ether oxygens (including phenoxy) is 1. The normalized spacial score (nSPS) is 35.2. The third-order valence-electron chi connectivity index (χ3n) is 6.85. The van der Waals surface area contributed by atoms with Crippen molar-refractivity contribution in [3.63, 3.8) is 0 Å². The van der Waals surface area contributed by atoms with Crippen LogP contribution < -0.4 is 0 Å². The molecule has 0 unspecified atom stereocenters. The first-order chi connectivity index (χ1) is 11.7. The molecule has 0 aromatic rings. The highest BCUT2D eigenvalue weighted by molar-refractivity contribution is 5.90. The van der Waals surface area contributed by atoms with E-state index in [-0.39, 0.29) is 30.3 Å². The maximum Gasteiger partial charge on any atom is 0.306 e. The molecule has 25 heavy (non-hydrogen) atoms. The number of ketones is 2. The Hall–Kier alpha value is -1.72. The summed E-state index contributed by atoms with van der Waals surface area (Å²) < 4.78 is 4.75. The zero-order chi connectivity index (χ0) is 18.8. The van der Waals surface area contributed by atoms with Crippen molar-refractivity contribution in [3.8, 4) is 0 Å². The van der Waals surface area contributed by atoms with Gasteiger partial charge in [0.05, 0.1) is 13.5 Å². The fourth-order valence-electron chi connectivity index (χ4n) is 5.05. The zero-order valence-corrected chi connectivity index (χ0v) is 15.3. The second-order valence-electron chi connectivity index (χ2n) is 7.92. The highest BCUT2D eigenvalue weighted by atomic mass is 16.5. The largest absolute Gasteiger partial charge is 0.481 e. The number of hydrogen-bond acceptors (Lipinski definition) is 5. The Morgan fingerprint density at radius 3 is 2.52 bits per heavy atom. The van der Waals surface area contributed by atoms with Gasteiger partial charge in [0.15, 0.2) is 0 Å². The minimum atomic E-state index is -0.865. The van der Waals surface area contributed by atoms with Crippen molar-refractivity contribution >= 4 is 23.5 Å². The summed E-state index contributed by atoms with van der Waals surface area (Å²) in [5.74, 6) is -1.47. The molecule has 0 radical (unpaired) electrons. The van der Waals surface area contributed by atoms with Gasteiger partial charge in [0, 0.05) is 30.6 Å². The molecular weight excluding hydrogens is 324 g/mol. The summed E-state index contributed by atoms with van der Waals surface area (Å²) in [7, 11) is 1.31. The van der Waals surface area contributed by atoms with Gasteiger partial charge in [-0.3, -0.25) is 19.2 Å². The van der Waals surface area contributed by atoms with Crippen molar-refractivity contribution in [2.45, 2.75) is 65.2 Å². The van der Waals surface area contributed by atoms with E-state index in [1.807, 2.05) is 13.8 Å². The molecule has 2 saturated carbocycles. The number of Topliss-reactive ketones (excluding diaryl/α,β-unsaturated/α-hetero) is 2. The summed E-state index contributed by atoms with van der Waals surface area (Å²) >= 11 is 0. The van der Waals surface area contributed by atoms with Gasteiger partial charge in [-0.25, -0.2) is 0 Å². The highest BCUT2D eigenvalue weighted by Crippen LogP contribution is 2.61. The molecule has 0 bridgehead atoms. The number of fused-ring (bicyclic) bond motifs is 1. The summed E-state index contributed by atoms with van der Waals surface area (Å²) in [6.45, 7) is 3.97. The molecular formula is C19H28O6. The van der Waals surface area contributed by atoms with Gasteiger partial charge < -0.3 is 9.84 Å². The number of carboxylic acid groups (broad SMARTS) is 1. The first kappa shape index (κ1) is 19.6. The van der Waals surface area contributed by atoms with Gasteiger partial charge in [0.25, 0.3) is 0 Å². The molecule has 0 amide bonds. The molecule has 2 rings (SSSR count). The van der Waals surface area contributed by atoms with Crippen LogP contribution in [0.2, 0.25) is 0 Å². The van der Waals surface area contributed by atoms with Crippen molar-refractivity contribution in [3.05, 3.63) is 0 Å². The van der Waals surface area contributed by atoms with E-state index in [4.69, 9.17) is 9.84 Å². The number of methoxy groups -OCH3 is 1. The van der Waals surface area contributed by atoms with E-state index >= 15 is 0 Å². The van der Waals surface area contributed by atoms with Gasteiger partial charge in [0.1, 0.15) is 11.6 Å². The minimum absolute atomic E-state index is 0.0358. The standard InChI is InChI=1S/C19H28O6/c1-18-10-8-14(20)12(11-17(24)25-3)13(18)6-7-15(21)19(18,2)9-4-5-16(22)23/h12-13H,4-11H2,1-3H3,(H,22,23)/t12-,13-,18-,19-/m0/s1. The lowest BCUT2D eigenvalue weighted by atomic mass is 9.45. The van der Waals surface area contributed by atoms with Crippen LogP contribution in [0.5, 0.6) is 0 Å². The highest BCUT2D eigenvalue weighted by Gasteiger charge is 2.60. The van der Waals surface area contributed by atoms with Crippen LogP contribution in [-0.2, 0) is 23.9 Å². The quantitative estimate of drug-likeness (QED) is 0.738. The summed E-state index contributed by atoms with van der Waals surface area (Å²) in [4.78, 5) is 47.9. The van der Waals surface area contributed by atoms with Crippen LogP contribution in [0.3, 0.4) is 0 Å². The van der Waals surface area contributed by atoms with E-state index in [1.165, 1.54) is 7.11 Å². The van der Waals surface area contributed by atoms with Gasteiger partial charge in [-0.1, -0.05) is 13.8 Å². The average Bonchev–Trinajstić information content (AvgIpc) is 2.55. The number of esters is 1. The Morgan fingerprint density at radius 1 is 1.24 bits per heavy atom. The van der Waals surface area contributed by atoms with Gasteiger partial charge in [-0.2, -0.15) is 0 Å². The Kier molecular flexibility index (Phi) is 5.69. The number of carboxylic acids is 1. The van der Waals surface area contributed by atoms with E-state index in [2.05, 4.69) is 0 Å². The van der Waals surface area contributed by atoms with Crippen LogP contribution in [0.1, 0.15) is 65.2 Å². The molecule has 0 spiro atoms. The van der Waals surface area contributed by atoms with Crippen LogP contribution in [0.15, 0.2) is 0 Å². The van der Waals surface area contributed by atoms with E-state index in [0.717, 1.165) is 0 Å². The SMILES string of the molecule is COC(=O)C[C@@H]1C(=O)CC[C@@]2(C)[C@H]1CCC(=O)[C@]2(C)CCCC(=O)O. The number of aliphatic carboxylic acids is 1. The maximum absolute atomic E-state index is 12.8. The predicted molar refractivity (Wildman–Crippen MR) is 89.8 cm³/mol. The van der Waals surface area contributed by atoms with Crippen LogP contribution >= 0.6 is 0 Å². The lowest BCUT2D eigenvalue weighted by Crippen LogP contribution is -2.57. The molecule has 0 saturated heterocycles.